The molecule has 1 aromatic carbocycles. The molecule has 0 aliphatic carbocycles. The maximum atomic E-state index is 14.2. The van der Waals surface area contributed by atoms with Crippen LogP contribution < -0.4 is 10.8 Å². The van der Waals surface area contributed by atoms with Gasteiger partial charge in [0.15, 0.2) is 0 Å². The molecule has 1 atom stereocenters. The van der Waals surface area contributed by atoms with Crippen molar-refractivity contribution in [1.82, 2.24) is 5.48 Å². The molecular formula is C17H17FIN3O4S. The average Bonchev–Trinajstić information content (AvgIpc) is 3.07. The lowest BCUT2D eigenvalue weighted by molar-refractivity contribution is -0.130. The lowest BCUT2D eigenvalue weighted by Gasteiger charge is -2.30. The second-order valence-electron chi connectivity index (χ2n) is 5.58. The predicted octanol–water partition coefficient (Wildman–Crippen LogP) is 2.19. The lowest BCUT2D eigenvalue weighted by atomic mass is 10.1. The number of ether oxygens (including phenoxy) is 1. The Morgan fingerprint density at radius 2 is 2.33 bits per heavy atom. The monoisotopic (exact) mass is 505 g/mol. The Morgan fingerprint density at radius 3 is 3.04 bits per heavy atom. The number of dihydropyridines is 1. The van der Waals surface area contributed by atoms with Crippen LogP contribution in [0.2, 0.25) is 0 Å². The minimum Gasteiger partial charge on any atom is -0.394 e. The third-order valence-corrected chi connectivity index (χ3v) is 5.53. The third kappa shape index (κ3) is 4.51. The standard InChI is InChI=1S/C17H17FIN3O4S/c1-25-17(20-14-3-2-10(19)8-13(14)18)5-4-11-12(9-27-16(11)21-17)15(24)22-26-7-6-23/h2-5,8,20,23H,6-7,9H2,1H3,(H,22,24). The summed E-state index contributed by atoms with van der Waals surface area (Å²) in [5.41, 5.74) is 3.73. The molecule has 0 saturated heterocycles. The predicted molar refractivity (Wildman–Crippen MR) is 110 cm³/mol. The van der Waals surface area contributed by atoms with Gasteiger partial charge in [-0.05, 0) is 52.9 Å². The number of benzene rings is 1. The van der Waals surface area contributed by atoms with Crippen LogP contribution in [0.15, 0.2) is 46.5 Å². The van der Waals surface area contributed by atoms with Gasteiger partial charge in [-0.1, -0.05) is 0 Å². The van der Waals surface area contributed by atoms with Gasteiger partial charge >= 0.3 is 0 Å². The van der Waals surface area contributed by atoms with E-state index in [0.29, 0.717) is 21.9 Å². The van der Waals surface area contributed by atoms with Crippen LogP contribution in [0.1, 0.15) is 0 Å². The highest BCUT2D eigenvalue weighted by Crippen LogP contribution is 2.36. The maximum Gasteiger partial charge on any atom is 0.272 e. The van der Waals surface area contributed by atoms with Crippen molar-refractivity contribution in [1.29, 1.82) is 0 Å². The molecule has 10 heteroatoms. The van der Waals surface area contributed by atoms with E-state index in [1.807, 2.05) is 22.6 Å². The number of nitrogens with zero attached hydrogens (tertiary/aromatic N) is 1. The van der Waals surface area contributed by atoms with Crippen molar-refractivity contribution in [3.8, 4) is 0 Å². The highest BCUT2D eigenvalue weighted by molar-refractivity contribution is 14.1. The Hall–Kier alpha value is -1.47. The van der Waals surface area contributed by atoms with Gasteiger partial charge < -0.3 is 15.2 Å². The summed E-state index contributed by atoms with van der Waals surface area (Å²) in [5, 5.41) is 12.3. The van der Waals surface area contributed by atoms with E-state index in [4.69, 9.17) is 14.7 Å². The molecule has 27 heavy (non-hydrogen) atoms. The Morgan fingerprint density at radius 1 is 1.52 bits per heavy atom. The van der Waals surface area contributed by atoms with E-state index in [2.05, 4.69) is 15.8 Å². The largest absolute Gasteiger partial charge is 0.394 e. The number of carbonyl (C=O) groups is 1. The normalized spacial score (nSPS) is 21.1. The Bertz CT molecular complexity index is 845. The van der Waals surface area contributed by atoms with Gasteiger partial charge in [0, 0.05) is 27.6 Å². The number of aliphatic imine (C=N–C) groups is 1. The van der Waals surface area contributed by atoms with Gasteiger partial charge in [-0.2, -0.15) is 0 Å². The highest BCUT2D eigenvalue weighted by atomic mass is 127. The molecule has 3 N–H and O–H groups in total. The number of thioether (sulfide) groups is 1. The van der Waals surface area contributed by atoms with E-state index in [9.17, 15) is 9.18 Å². The van der Waals surface area contributed by atoms with E-state index in [-0.39, 0.29) is 24.8 Å². The molecule has 2 aliphatic heterocycles. The Balaban J connectivity index is 1.82. The zero-order valence-corrected chi connectivity index (χ0v) is 17.3. The van der Waals surface area contributed by atoms with Crippen LogP contribution in [0.4, 0.5) is 10.1 Å². The van der Waals surface area contributed by atoms with Gasteiger partial charge in [-0.15, -0.1) is 11.8 Å². The summed E-state index contributed by atoms with van der Waals surface area (Å²) < 4.78 is 20.5. The zero-order chi connectivity index (χ0) is 19.4. The van der Waals surface area contributed by atoms with Crippen LogP contribution in [0.3, 0.4) is 0 Å². The third-order valence-electron chi connectivity index (χ3n) is 3.84. The molecule has 0 radical (unpaired) electrons. The van der Waals surface area contributed by atoms with Gasteiger partial charge in [-0.3, -0.25) is 9.63 Å². The number of hydrogen-bond donors (Lipinski definition) is 3. The van der Waals surface area contributed by atoms with Gasteiger partial charge in [0.2, 0.25) is 0 Å². The van der Waals surface area contributed by atoms with Crippen LogP contribution in [0, 0.1) is 9.39 Å². The number of rotatable bonds is 7. The molecule has 3 rings (SSSR count). The Labute approximate surface area is 173 Å². The SMILES string of the molecule is COC1(Nc2ccc(I)cc2F)C=CC2=C(C(=O)NOCCO)CSC2=N1. The van der Waals surface area contributed by atoms with Crippen LogP contribution in [0.5, 0.6) is 0 Å². The number of anilines is 1. The van der Waals surface area contributed by atoms with Crippen molar-refractivity contribution in [2.75, 3.05) is 31.4 Å². The number of hydroxylamine groups is 1. The molecule has 0 aromatic heterocycles. The van der Waals surface area contributed by atoms with E-state index in [1.165, 1.54) is 24.9 Å². The van der Waals surface area contributed by atoms with E-state index < -0.39 is 11.7 Å². The number of fused-ring (bicyclic) bond motifs is 1. The zero-order valence-electron chi connectivity index (χ0n) is 14.3. The number of methoxy groups -OCH3 is 1. The quantitative estimate of drug-likeness (QED) is 0.228. The van der Waals surface area contributed by atoms with Crippen molar-refractivity contribution < 1.29 is 23.9 Å². The van der Waals surface area contributed by atoms with E-state index in [0.717, 1.165) is 3.57 Å². The second-order valence-corrected chi connectivity index (χ2v) is 7.79. The minimum atomic E-state index is -1.27. The summed E-state index contributed by atoms with van der Waals surface area (Å²) in [6.45, 7) is -0.179. The number of nitrogens with one attached hydrogen (secondary N) is 2. The summed E-state index contributed by atoms with van der Waals surface area (Å²) in [6.07, 6.45) is 3.36. The number of aliphatic hydroxyl groups excluding tert-OH is 1. The first-order valence-electron chi connectivity index (χ1n) is 7.95. The minimum absolute atomic E-state index is 0.0105. The van der Waals surface area contributed by atoms with Crippen molar-refractivity contribution in [3.05, 3.63) is 50.9 Å². The number of amides is 1. The summed E-state index contributed by atoms with van der Waals surface area (Å²) >= 11 is 3.41. The van der Waals surface area contributed by atoms with Gasteiger partial charge in [0.05, 0.1) is 18.9 Å². The van der Waals surface area contributed by atoms with Crippen LogP contribution >= 0.6 is 34.4 Å². The Kier molecular flexibility index (Phi) is 6.52. The van der Waals surface area contributed by atoms with Crippen molar-refractivity contribution >= 4 is 51.0 Å². The fraction of sp³-hybridized carbons (Fsp3) is 0.294. The molecule has 144 valence electrons. The summed E-state index contributed by atoms with van der Waals surface area (Å²) in [6, 6.07) is 4.81. The topological polar surface area (TPSA) is 92.2 Å². The van der Waals surface area contributed by atoms with E-state index in [1.54, 1.807) is 24.3 Å². The number of allylic oxidation sites excluding steroid dienone is 1. The van der Waals surface area contributed by atoms with Crippen LogP contribution in [0.25, 0.3) is 0 Å². The molecule has 0 spiro atoms. The van der Waals surface area contributed by atoms with Crippen molar-refractivity contribution in [3.63, 3.8) is 0 Å². The molecule has 0 bridgehead atoms. The molecule has 1 aromatic rings. The number of carbonyl (C=O) groups excluding carboxylic acids is 1. The number of aliphatic hydroxyl groups is 1. The first-order valence-corrected chi connectivity index (χ1v) is 10.0. The first kappa shape index (κ1) is 20.3. The molecule has 1 amide bonds. The number of halogens is 2. The fourth-order valence-corrected chi connectivity index (χ4v) is 4.07. The summed E-state index contributed by atoms with van der Waals surface area (Å²) in [7, 11) is 1.47. The smallest absolute Gasteiger partial charge is 0.272 e. The van der Waals surface area contributed by atoms with Crippen LogP contribution in [-0.2, 0) is 14.4 Å². The lowest BCUT2D eigenvalue weighted by Crippen LogP contribution is -2.39. The van der Waals surface area contributed by atoms with Gasteiger partial charge in [0.25, 0.3) is 11.8 Å². The molecular weight excluding hydrogens is 488 g/mol. The summed E-state index contributed by atoms with van der Waals surface area (Å²) in [4.78, 5) is 21.6. The van der Waals surface area contributed by atoms with Gasteiger partial charge in [-0.25, -0.2) is 14.9 Å². The molecule has 1 unspecified atom stereocenters. The van der Waals surface area contributed by atoms with E-state index >= 15 is 0 Å². The molecule has 2 heterocycles. The highest BCUT2D eigenvalue weighted by Gasteiger charge is 2.36. The maximum absolute atomic E-state index is 14.2. The average molecular weight is 505 g/mol. The fourth-order valence-electron chi connectivity index (χ4n) is 2.50. The van der Waals surface area contributed by atoms with Crippen LogP contribution in [-0.4, -0.2) is 48.0 Å². The molecule has 0 fully saturated rings. The van der Waals surface area contributed by atoms with Gasteiger partial charge in [0.1, 0.15) is 10.9 Å². The summed E-state index contributed by atoms with van der Waals surface area (Å²) in [5.74, 6) is -1.64. The second kappa shape index (κ2) is 8.69. The first-order chi connectivity index (χ1) is 13.0. The molecule has 0 saturated carbocycles. The van der Waals surface area contributed by atoms with Crippen molar-refractivity contribution in [2.45, 2.75) is 5.85 Å². The molecule has 7 nitrogen and oxygen atoms in total. The number of hydrogen-bond acceptors (Lipinski definition) is 7. The van der Waals surface area contributed by atoms with Crippen molar-refractivity contribution in [2.24, 2.45) is 4.99 Å². The molecule has 2 aliphatic rings.